The van der Waals surface area contributed by atoms with Crippen molar-refractivity contribution in [2.45, 2.75) is 45.6 Å². The van der Waals surface area contributed by atoms with Crippen molar-refractivity contribution in [3.63, 3.8) is 0 Å². The quantitative estimate of drug-likeness (QED) is 0.901. The van der Waals surface area contributed by atoms with Gasteiger partial charge >= 0.3 is 0 Å². The third-order valence-electron chi connectivity index (χ3n) is 3.79. The molecular weight excluding hydrogens is 240 g/mol. The van der Waals surface area contributed by atoms with Crippen LogP contribution in [0, 0.1) is 13.8 Å². The number of nitrogens with one attached hydrogen (secondary N) is 1. The predicted octanol–water partition coefficient (Wildman–Crippen LogP) is 1.96. The Kier molecular flexibility index (Phi) is 4.53. The lowest BCUT2D eigenvalue weighted by molar-refractivity contribution is -0.121. The fraction of sp³-hybridized carbons (Fsp3) is 0.600. The van der Waals surface area contributed by atoms with Crippen molar-refractivity contribution in [3.8, 4) is 5.75 Å². The van der Waals surface area contributed by atoms with E-state index < -0.39 is 0 Å². The van der Waals surface area contributed by atoms with E-state index in [1.165, 1.54) is 6.42 Å². The zero-order valence-corrected chi connectivity index (χ0v) is 12.0. The number of hydrogen-bond acceptors (Lipinski definition) is 4. The molecule has 19 heavy (non-hydrogen) atoms. The number of aromatic nitrogens is 1. The lowest BCUT2D eigenvalue weighted by Crippen LogP contribution is -2.41. The van der Waals surface area contributed by atoms with E-state index in [1.807, 2.05) is 13.8 Å². The van der Waals surface area contributed by atoms with Gasteiger partial charge in [-0.05, 0) is 33.2 Å². The van der Waals surface area contributed by atoms with Crippen LogP contribution in [0.25, 0.3) is 0 Å². The summed E-state index contributed by atoms with van der Waals surface area (Å²) in [6.45, 7) is 4.88. The number of nitrogens with zero attached hydrogens (tertiary/aromatic N) is 1. The van der Waals surface area contributed by atoms with Gasteiger partial charge in [-0.25, -0.2) is 0 Å². The number of Topliss-reactive ketones (excluding diaryl/α,β-unsaturated/α-hetero) is 1. The normalized spacial score (nSPS) is 19.2. The van der Waals surface area contributed by atoms with E-state index in [9.17, 15) is 4.79 Å². The number of ether oxygens (including phenoxy) is 1. The average molecular weight is 262 g/mol. The minimum Gasteiger partial charge on any atom is -0.496 e. The van der Waals surface area contributed by atoms with Crippen molar-refractivity contribution in [1.29, 1.82) is 0 Å². The summed E-state index contributed by atoms with van der Waals surface area (Å²) in [7, 11) is 1.66. The third-order valence-corrected chi connectivity index (χ3v) is 3.79. The maximum absolute atomic E-state index is 12.3. The third kappa shape index (κ3) is 3.13. The SMILES string of the molecule is COc1c(C)cnc(CC(=O)C2CCCCN2)c1C. The number of aryl methyl sites for hydroxylation is 1. The Labute approximate surface area is 114 Å². The average Bonchev–Trinajstić information content (AvgIpc) is 2.43. The summed E-state index contributed by atoms with van der Waals surface area (Å²) in [5.41, 5.74) is 2.82. The summed E-state index contributed by atoms with van der Waals surface area (Å²) in [6.07, 6.45) is 5.41. The molecule has 104 valence electrons. The minimum absolute atomic E-state index is 0.00208. The Bertz CT molecular complexity index is 465. The van der Waals surface area contributed by atoms with Crippen LogP contribution in [0.2, 0.25) is 0 Å². The van der Waals surface area contributed by atoms with Crippen molar-refractivity contribution >= 4 is 5.78 Å². The van der Waals surface area contributed by atoms with Gasteiger partial charge in [0.15, 0.2) is 5.78 Å². The molecular formula is C15H22N2O2. The second-order valence-electron chi connectivity index (χ2n) is 5.19. The molecule has 0 spiro atoms. The van der Waals surface area contributed by atoms with Crippen molar-refractivity contribution in [2.24, 2.45) is 0 Å². The molecule has 1 aromatic rings. The fourth-order valence-corrected chi connectivity index (χ4v) is 2.66. The molecule has 0 radical (unpaired) electrons. The molecule has 0 amide bonds. The van der Waals surface area contributed by atoms with E-state index >= 15 is 0 Å². The molecule has 0 bridgehead atoms. The van der Waals surface area contributed by atoms with Crippen LogP contribution in [-0.4, -0.2) is 30.5 Å². The monoisotopic (exact) mass is 262 g/mol. The van der Waals surface area contributed by atoms with E-state index in [1.54, 1.807) is 13.3 Å². The highest BCUT2D eigenvalue weighted by Crippen LogP contribution is 2.24. The van der Waals surface area contributed by atoms with Crippen molar-refractivity contribution < 1.29 is 9.53 Å². The number of carbonyl (C=O) groups excluding carboxylic acids is 1. The molecule has 2 rings (SSSR count). The van der Waals surface area contributed by atoms with Gasteiger partial charge in [0.25, 0.3) is 0 Å². The van der Waals surface area contributed by atoms with Crippen LogP contribution >= 0.6 is 0 Å². The van der Waals surface area contributed by atoms with Crippen molar-refractivity contribution in [1.82, 2.24) is 10.3 Å². The molecule has 1 aromatic heterocycles. The van der Waals surface area contributed by atoms with Crippen molar-refractivity contribution in [3.05, 3.63) is 23.0 Å². The Balaban J connectivity index is 2.12. The maximum atomic E-state index is 12.3. The van der Waals surface area contributed by atoms with E-state index in [4.69, 9.17) is 4.74 Å². The van der Waals surface area contributed by atoms with Gasteiger partial charge in [0, 0.05) is 17.3 Å². The molecule has 4 heteroatoms. The van der Waals surface area contributed by atoms with Crippen LogP contribution in [0.5, 0.6) is 5.75 Å². The zero-order chi connectivity index (χ0) is 13.8. The van der Waals surface area contributed by atoms with Gasteiger partial charge < -0.3 is 10.1 Å². The lowest BCUT2D eigenvalue weighted by Gasteiger charge is -2.22. The van der Waals surface area contributed by atoms with Gasteiger partial charge in [-0.2, -0.15) is 0 Å². The highest BCUT2D eigenvalue weighted by atomic mass is 16.5. The first-order chi connectivity index (χ1) is 9.13. The van der Waals surface area contributed by atoms with Crippen LogP contribution in [-0.2, 0) is 11.2 Å². The smallest absolute Gasteiger partial charge is 0.155 e. The topological polar surface area (TPSA) is 51.2 Å². The molecule has 4 nitrogen and oxygen atoms in total. The molecule has 1 aliphatic rings. The predicted molar refractivity (Wildman–Crippen MR) is 74.6 cm³/mol. The summed E-state index contributed by atoms with van der Waals surface area (Å²) >= 11 is 0. The minimum atomic E-state index is 0.00208. The Morgan fingerprint density at radius 3 is 2.89 bits per heavy atom. The van der Waals surface area contributed by atoms with E-state index in [-0.39, 0.29) is 11.8 Å². The summed E-state index contributed by atoms with van der Waals surface area (Å²) in [5, 5.41) is 3.29. The first-order valence-electron chi connectivity index (χ1n) is 6.88. The zero-order valence-electron chi connectivity index (χ0n) is 12.0. The molecule has 1 atom stereocenters. The lowest BCUT2D eigenvalue weighted by atomic mass is 9.97. The Morgan fingerprint density at radius 1 is 1.47 bits per heavy atom. The van der Waals surface area contributed by atoms with Crippen LogP contribution in [0.3, 0.4) is 0 Å². The second kappa shape index (κ2) is 6.15. The molecule has 1 unspecified atom stereocenters. The van der Waals surface area contributed by atoms with Gasteiger partial charge in [0.2, 0.25) is 0 Å². The number of piperidine rings is 1. The highest BCUT2D eigenvalue weighted by molar-refractivity contribution is 5.86. The van der Waals surface area contributed by atoms with Crippen molar-refractivity contribution in [2.75, 3.05) is 13.7 Å². The standard InChI is InChI=1S/C15H22N2O2/c1-10-9-17-13(11(2)15(10)19-3)8-14(18)12-6-4-5-7-16-12/h9,12,16H,4-8H2,1-3H3. The molecule has 1 fully saturated rings. The number of pyridine rings is 1. The van der Waals surface area contributed by atoms with E-state index in [0.717, 1.165) is 42.0 Å². The first-order valence-corrected chi connectivity index (χ1v) is 6.88. The van der Waals surface area contributed by atoms with Crippen LogP contribution < -0.4 is 10.1 Å². The summed E-state index contributed by atoms with van der Waals surface area (Å²) < 4.78 is 5.38. The number of rotatable bonds is 4. The Morgan fingerprint density at radius 2 is 2.26 bits per heavy atom. The fourth-order valence-electron chi connectivity index (χ4n) is 2.66. The molecule has 0 aromatic carbocycles. The number of methoxy groups -OCH3 is 1. The van der Waals surface area contributed by atoms with Gasteiger partial charge in [0.1, 0.15) is 5.75 Å². The molecule has 1 saturated heterocycles. The van der Waals surface area contributed by atoms with E-state index in [0.29, 0.717) is 6.42 Å². The van der Waals surface area contributed by atoms with Gasteiger partial charge in [-0.3, -0.25) is 9.78 Å². The summed E-state index contributed by atoms with van der Waals surface area (Å²) in [5.74, 6) is 1.08. The molecule has 1 N–H and O–H groups in total. The molecule has 0 saturated carbocycles. The van der Waals surface area contributed by atoms with Crippen LogP contribution in [0.1, 0.15) is 36.1 Å². The maximum Gasteiger partial charge on any atom is 0.155 e. The summed E-state index contributed by atoms with van der Waals surface area (Å²) in [6, 6.07) is 0.00208. The highest BCUT2D eigenvalue weighted by Gasteiger charge is 2.22. The Hall–Kier alpha value is -1.42. The largest absolute Gasteiger partial charge is 0.496 e. The second-order valence-corrected chi connectivity index (χ2v) is 5.19. The summed E-state index contributed by atoms with van der Waals surface area (Å²) in [4.78, 5) is 16.7. The van der Waals surface area contributed by atoms with Gasteiger partial charge in [-0.15, -0.1) is 0 Å². The number of carbonyl (C=O) groups is 1. The van der Waals surface area contributed by atoms with Crippen LogP contribution in [0.15, 0.2) is 6.20 Å². The van der Waals surface area contributed by atoms with Gasteiger partial charge in [0.05, 0.1) is 25.3 Å². The molecule has 2 heterocycles. The first kappa shape index (κ1) is 14.0. The van der Waals surface area contributed by atoms with E-state index in [2.05, 4.69) is 10.3 Å². The number of ketones is 1. The number of hydrogen-bond donors (Lipinski definition) is 1. The van der Waals surface area contributed by atoms with Crippen LogP contribution in [0.4, 0.5) is 0 Å². The van der Waals surface area contributed by atoms with Gasteiger partial charge in [-0.1, -0.05) is 6.42 Å². The molecule has 1 aliphatic heterocycles. The molecule has 0 aliphatic carbocycles.